The molecule has 21 heavy (non-hydrogen) atoms. The molecule has 0 fully saturated rings. The summed E-state index contributed by atoms with van der Waals surface area (Å²) in [5.41, 5.74) is 1.37. The fraction of sp³-hybridized carbons (Fsp3) is 0.200. The van der Waals surface area contributed by atoms with E-state index >= 15 is 0 Å². The van der Waals surface area contributed by atoms with Crippen molar-refractivity contribution in [1.82, 2.24) is 5.01 Å². The summed E-state index contributed by atoms with van der Waals surface area (Å²) in [5.74, 6) is -0.512. The van der Waals surface area contributed by atoms with Crippen molar-refractivity contribution in [3.05, 3.63) is 57.0 Å². The summed E-state index contributed by atoms with van der Waals surface area (Å²) in [6.07, 6.45) is 0.575. The van der Waals surface area contributed by atoms with Crippen molar-refractivity contribution in [3.63, 3.8) is 0 Å². The molecule has 1 amide bonds. The predicted octanol–water partition coefficient (Wildman–Crippen LogP) is 4.24. The van der Waals surface area contributed by atoms with Crippen molar-refractivity contribution in [2.45, 2.75) is 19.4 Å². The number of nitrogens with zero attached hydrogens (tertiary/aromatic N) is 2. The normalized spacial score (nSPS) is 18.0. The average Bonchev–Trinajstić information content (AvgIpc) is 3.07. The van der Waals surface area contributed by atoms with Gasteiger partial charge in [0, 0.05) is 23.8 Å². The lowest BCUT2D eigenvalue weighted by atomic mass is 10.0. The predicted molar refractivity (Wildman–Crippen MR) is 82.1 cm³/mol. The Balaban J connectivity index is 1.97. The van der Waals surface area contributed by atoms with Crippen LogP contribution in [0.15, 0.2) is 40.8 Å². The zero-order chi connectivity index (χ0) is 15.0. The molecular weight excluding hydrogens is 311 g/mol. The van der Waals surface area contributed by atoms with E-state index in [4.69, 9.17) is 11.6 Å². The highest BCUT2D eigenvalue weighted by Crippen LogP contribution is 2.36. The Kier molecular flexibility index (Phi) is 3.78. The monoisotopic (exact) mass is 322 g/mol. The summed E-state index contributed by atoms with van der Waals surface area (Å²) in [7, 11) is 0. The van der Waals surface area contributed by atoms with Crippen LogP contribution in [-0.4, -0.2) is 16.6 Å². The van der Waals surface area contributed by atoms with E-state index in [1.807, 2.05) is 17.5 Å². The highest BCUT2D eigenvalue weighted by atomic mass is 35.5. The largest absolute Gasteiger partial charge is 0.273 e. The number of rotatable bonds is 2. The van der Waals surface area contributed by atoms with Crippen LogP contribution in [0, 0.1) is 5.82 Å². The van der Waals surface area contributed by atoms with Gasteiger partial charge in [-0.05, 0) is 29.6 Å². The SMILES string of the molecule is CC(=O)N1N=C(c2ccc(F)cc2Cl)CC1c1cccs1. The van der Waals surface area contributed by atoms with Gasteiger partial charge in [-0.3, -0.25) is 4.79 Å². The van der Waals surface area contributed by atoms with Gasteiger partial charge in [0.2, 0.25) is 5.91 Å². The van der Waals surface area contributed by atoms with Gasteiger partial charge in [0.05, 0.1) is 16.8 Å². The third-order valence-electron chi connectivity index (χ3n) is 3.35. The lowest BCUT2D eigenvalue weighted by molar-refractivity contribution is -0.130. The van der Waals surface area contributed by atoms with Crippen molar-refractivity contribution < 1.29 is 9.18 Å². The van der Waals surface area contributed by atoms with Gasteiger partial charge in [0.15, 0.2) is 0 Å². The van der Waals surface area contributed by atoms with Crippen LogP contribution in [0.1, 0.15) is 29.8 Å². The van der Waals surface area contributed by atoms with Gasteiger partial charge in [-0.1, -0.05) is 17.7 Å². The molecule has 3 nitrogen and oxygen atoms in total. The van der Waals surface area contributed by atoms with Crippen LogP contribution in [0.3, 0.4) is 0 Å². The van der Waals surface area contributed by atoms with Gasteiger partial charge >= 0.3 is 0 Å². The highest BCUT2D eigenvalue weighted by Gasteiger charge is 2.32. The number of carbonyl (C=O) groups is 1. The van der Waals surface area contributed by atoms with E-state index in [2.05, 4.69) is 5.10 Å². The molecule has 0 N–H and O–H groups in total. The van der Waals surface area contributed by atoms with Crippen LogP contribution in [0.2, 0.25) is 5.02 Å². The molecule has 0 saturated heterocycles. The number of halogens is 2. The Morgan fingerprint density at radius 1 is 1.48 bits per heavy atom. The zero-order valence-electron chi connectivity index (χ0n) is 11.2. The summed E-state index contributed by atoms with van der Waals surface area (Å²) >= 11 is 7.67. The fourth-order valence-electron chi connectivity index (χ4n) is 2.39. The summed E-state index contributed by atoms with van der Waals surface area (Å²) in [5, 5.41) is 8.14. The lowest BCUT2D eigenvalue weighted by Gasteiger charge is -2.18. The van der Waals surface area contributed by atoms with E-state index < -0.39 is 0 Å². The molecule has 0 radical (unpaired) electrons. The van der Waals surface area contributed by atoms with Crippen molar-refractivity contribution in [2.75, 3.05) is 0 Å². The van der Waals surface area contributed by atoms with E-state index in [0.717, 1.165) is 4.88 Å². The summed E-state index contributed by atoms with van der Waals surface area (Å²) < 4.78 is 13.2. The first-order valence-corrected chi connectivity index (χ1v) is 7.68. The first-order chi connectivity index (χ1) is 10.1. The molecule has 0 bridgehead atoms. The first kappa shape index (κ1) is 14.2. The second-order valence-corrected chi connectivity index (χ2v) is 6.16. The first-order valence-electron chi connectivity index (χ1n) is 6.42. The summed E-state index contributed by atoms with van der Waals surface area (Å²) in [4.78, 5) is 12.9. The minimum Gasteiger partial charge on any atom is -0.273 e. The highest BCUT2D eigenvalue weighted by molar-refractivity contribution is 7.10. The van der Waals surface area contributed by atoms with E-state index in [9.17, 15) is 9.18 Å². The van der Waals surface area contributed by atoms with E-state index in [0.29, 0.717) is 22.7 Å². The Labute approximate surface area is 130 Å². The van der Waals surface area contributed by atoms with Gasteiger partial charge in [-0.25, -0.2) is 9.40 Å². The number of hydrogen-bond donors (Lipinski definition) is 0. The Hall–Kier alpha value is -1.72. The molecule has 0 spiro atoms. The van der Waals surface area contributed by atoms with Crippen LogP contribution in [-0.2, 0) is 4.79 Å². The number of hydrogen-bond acceptors (Lipinski definition) is 3. The number of carbonyl (C=O) groups excluding carboxylic acids is 1. The molecule has 3 rings (SSSR count). The topological polar surface area (TPSA) is 32.7 Å². The Bertz CT molecular complexity index is 714. The molecule has 1 aliphatic rings. The number of benzene rings is 1. The number of amides is 1. The minimum atomic E-state index is -0.388. The van der Waals surface area contributed by atoms with E-state index in [1.165, 1.54) is 24.1 Å². The third-order valence-corrected chi connectivity index (χ3v) is 4.63. The summed E-state index contributed by atoms with van der Waals surface area (Å²) in [6, 6.07) is 8.03. The quantitative estimate of drug-likeness (QED) is 0.814. The van der Waals surface area contributed by atoms with Crippen molar-refractivity contribution in [2.24, 2.45) is 5.10 Å². The smallest absolute Gasteiger partial charge is 0.240 e. The van der Waals surface area contributed by atoms with Crippen LogP contribution >= 0.6 is 22.9 Å². The molecule has 1 unspecified atom stereocenters. The molecular formula is C15H12ClFN2OS. The zero-order valence-corrected chi connectivity index (χ0v) is 12.8. The second kappa shape index (κ2) is 5.58. The average molecular weight is 323 g/mol. The van der Waals surface area contributed by atoms with Crippen LogP contribution in [0.5, 0.6) is 0 Å². The second-order valence-electron chi connectivity index (χ2n) is 4.77. The molecule has 1 atom stereocenters. The van der Waals surface area contributed by atoms with Crippen LogP contribution in [0.25, 0.3) is 0 Å². The molecule has 108 valence electrons. The maximum atomic E-state index is 13.2. The standard InChI is InChI=1S/C15H12ClFN2OS/c1-9(20)19-14(15-3-2-6-21-15)8-13(18-19)11-5-4-10(17)7-12(11)16/h2-7,14H,8H2,1H3. The molecule has 0 saturated carbocycles. The van der Waals surface area contributed by atoms with Crippen molar-refractivity contribution in [1.29, 1.82) is 0 Å². The number of hydrazone groups is 1. The lowest BCUT2D eigenvalue weighted by Crippen LogP contribution is -2.23. The molecule has 1 aromatic carbocycles. The van der Waals surface area contributed by atoms with Gasteiger partial charge in [0.1, 0.15) is 5.82 Å². The van der Waals surface area contributed by atoms with E-state index in [-0.39, 0.29) is 17.8 Å². The molecule has 0 aliphatic carbocycles. The minimum absolute atomic E-state index is 0.112. The summed E-state index contributed by atoms with van der Waals surface area (Å²) in [6.45, 7) is 1.49. The molecule has 1 aliphatic heterocycles. The molecule has 2 aromatic rings. The number of thiophene rings is 1. The van der Waals surface area contributed by atoms with E-state index in [1.54, 1.807) is 17.4 Å². The van der Waals surface area contributed by atoms with Crippen LogP contribution < -0.4 is 0 Å². The fourth-order valence-corrected chi connectivity index (χ4v) is 3.48. The Morgan fingerprint density at radius 3 is 2.90 bits per heavy atom. The maximum absolute atomic E-state index is 13.2. The third kappa shape index (κ3) is 2.71. The van der Waals surface area contributed by atoms with Gasteiger partial charge in [0.25, 0.3) is 0 Å². The maximum Gasteiger partial charge on any atom is 0.240 e. The van der Waals surface area contributed by atoms with Crippen molar-refractivity contribution in [3.8, 4) is 0 Å². The van der Waals surface area contributed by atoms with Gasteiger partial charge in [-0.15, -0.1) is 11.3 Å². The van der Waals surface area contributed by atoms with Gasteiger partial charge < -0.3 is 0 Å². The molecule has 2 heterocycles. The molecule has 1 aromatic heterocycles. The Morgan fingerprint density at radius 2 is 2.29 bits per heavy atom. The molecule has 6 heteroatoms. The van der Waals surface area contributed by atoms with Gasteiger partial charge in [-0.2, -0.15) is 5.10 Å². The van der Waals surface area contributed by atoms with Crippen molar-refractivity contribution >= 4 is 34.6 Å². The van der Waals surface area contributed by atoms with Crippen LogP contribution in [0.4, 0.5) is 4.39 Å².